The van der Waals surface area contributed by atoms with Crippen molar-refractivity contribution in [3.63, 3.8) is 0 Å². The van der Waals surface area contributed by atoms with Gasteiger partial charge in [0.15, 0.2) is 0 Å². The Hall–Kier alpha value is -1.89. The van der Waals surface area contributed by atoms with Crippen LogP contribution in [-0.2, 0) is 4.79 Å². The predicted octanol–water partition coefficient (Wildman–Crippen LogP) is 1.80. The van der Waals surface area contributed by atoms with Crippen LogP contribution in [0.25, 0.3) is 10.2 Å². The molecule has 0 saturated carbocycles. The van der Waals surface area contributed by atoms with Crippen molar-refractivity contribution in [2.75, 3.05) is 17.2 Å². The molecule has 7 heteroatoms. The van der Waals surface area contributed by atoms with Gasteiger partial charge in [0.05, 0.1) is 5.39 Å². The first-order valence-corrected chi connectivity index (χ1v) is 6.89. The van der Waals surface area contributed by atoms with Gasteiger partial charge in [0.1, 0.15) is 16.2 Å². The van der Waals surface area contributed by atoms with Crippen LogP contribution in [0, 0.1) is 0 Å². The maximum Gasteiger partial charge on any atom is 0.242 e. The van der Waals surface area contributed by atoms with Gasteiger partial charge in [-0.1, -0.05) is 0 Å². The summed E-state index contributed by atoms with van der Waals surface area (Å²) < 4.78 is 0. The number of thiophene rings is 1. The lowest BCUT2D eigenvalue weighted by atomic mass is 10.1. The molecule has 19 heavy (non-hydrogen) atoms. The monoisotopic (exact) mass is 279 g/mol. The highest BCUT2D eigenvalue weighted by Gasteiger charge is 2.26. The van der Waals surface area contributed by atoms with Crippen molar-refractivity contribution in [1.29, 1.82) is 0 Å². The summed E-state index contributed by atoms with van der Waals surface area (Å²) in [6.45, 7) is 6.16. The number of hydrogen-bond acceptors (Lipinski definition) is 6. The third kappa shape index (κ3) is 2.76. The van der Waals surface area contributed by atoms with Crippen molar-refractivity contribution in [2.24, 2.45) is 5.73 Å². The van der Waals surface area contributed by atoms with Gasteiger partial charge in [-0.15, -0.1) is 11.3 Å². The number of carbonyl (C=O) groups is 1. The average Bonchev–Trinajstić information content (AvgIpc) is 2.77. The largest absolute Gasteiger partial charge is 0.368 e. The Morgan fingerprint density at radius 3 is 2.84 bits per heavy atom. The van der Waals surface area contributed by atoms with Gasteiger partial charge in [-0.25, -0.2) is 4.98 Å². The summed E-state index contributed by atoms with van der Waals surface area (Å²) >= 11 is 1.53. The molecule has 0 aliphatic carbocycles. The minimum Gasteiger partial charge on any atom is -0.368 e. The van der Waals surface area contributed by atoms with Crippen LogP contribution in [0.1, 0.15) is 20.8 Å². The van der Waals surface area contributed by atoms with Crippen LogP contribution in [0.2, 0.25) is 0 Å². The number of amides is 1. The lowest BCUT2D eigenvalue weighted by molar-refractivity contribution is -0.121. The maximum atomic E-state index is 11.4. The van der Waals surface area contributed by atoms with E-state index < -0.39 is 11.4 Å². The zero-order valence-corrected chi connectivity index (χ0v) is 12.0. The second-order valence-corrected chi connectivity index (χ2v) is 5.57. The number of nitrogens with zero attached hydrogens (tertiary/aromatic N) is 2. The van der Waals surface area contributed by atoms with E-state index in [-0.39, 0.29) is 0 Å². The summed E-state index contributed by atoms with van der Waals surface area (Å²) in [6, 6.07) is 1.93. The first-order valence-electron chi connectivity index (χ1n) is 6.01. The molecule has 0 saturated heterocycles. The summed E-state index contributed by atoms with van der Waals surface area (Å²) in [7, 11) is 0. The number of nitrogens with two attached hydrogens (primary N) is 1. The molecule has 0 fully saturated rings. The highest BCUT2D eigenvalue weighted by molar-refractivity contribution is 7.16. The topological polar surface area (TPSA) is 92.9 Å². The van der Waals surface area contributed by atoms with Crippen molar-refractivity contribution >= 4 is 39.2 Å². The van der Waals surface area contributed by atoms with E-state index in [1.165, 1.54) is 11.3 Å². The van der Waals surface area contributed by atoms with Crippen LogP contribution in [-0.4, -0.2) is 28.0 Å². The molecule has 6 nitrogen and oxygen atoms in total. The second kappa shape index (κ2) is 5.00. The van der Waals surface area contributed by atoms with E-state index in [0.717, 1.165) is 16.8 Å². The fraction of sp³-hybridized carbons (Fsp3) is 0.417. The zero-order chi connectivity index (χ0) is 14.0. The van der Waals surface area contributed by atoms with E-state index in [1.54, 1.807) is 13.8 Å². The molecule has 0 aromatic carbocycles. The minimum absolute atomic E-state index is 0.431. The number of primary amides is 1. The third-order valence-electron chi connectivity index (χ3n) is 2.71. The lowest BCUT2D eigenvalue weighted by Crippen LogP contribution is -2.45. The highest BCUT2D eigenvalue weighted by Crippen LogP contribution is 2.28. The van der Waals surface area contributed by atoms with Crippen molar-refractivity contribution in [1.82, 2.24) is 9.97 Å². The smallest absolute Gasteiger partial charge is 0.242 e. The quantitative estimate of drug-likeness (QED) is 0.776. The molecule has 0 aliphatic rings. The number of anilines is 2. The van der Waals surface area contributed by atoms with Gasteiger partial charge >= 0.3 is 0 Å². The molecular formula is C12H17N5OS. The first-order chi connectivity index (χ1) is 8.94. The van der Waals surface area contributed by atoms with Gasteiger partial charge < -0.3 is 16.4 Å². The Morgan fingerprint density at radius 2 is 2.21 bits per heavy atom. The van der Waals surface area contributed by atoms with E-state index in [1.807, 2.05) is 18.4 Å². The summed E-state index contributed by atoms with van der Waals surface area (Å²) in [6.07, 6.45) is 0. The molecular weight excluding hydrogens is 262 g/mol. The summed E-state index contributed by atoms with van der Waals surface area (Å²) in [5.74, 6) is 0.728. The standard InChI is InChI=1S/C12H17N5OS/c1-4-14-11-15-8(17-12(2,3)10(13)18)7-5-6-19-9(7)16-11/h5-6H,4H2,1-3H3,(H2,13,18)(H2,14,15,16,17). The Balaban J connectivity index is 2.45. The van der Waals surface area contributed by atoms with Gasteiger partial charge in [0, 0.05) is 6.54 Å². The highest BCUT2D eigenvalue weighted by atomic mass is 32.1. The van der Waals surface area contributed by atoms with Gasteiger partial charge in [-0.2, -0.15) is 4.98 Å². The van der Waals surface area contributed by atoms with E-state index in [9.17, 15) is 4.79 Å². The summed E-state index contributed by atoms with van der Waals surface area (Å²) in [5.41, 5.74) is 4.51. The van der Waals surface area contributed by atoms with Crippen LogP contribution in [0.3, 0.4) is 0 Å². The van der Waals surface area contributed by atoms with E-state index in [4.69, 9.17) is 5.73 Å². The molecule has 2 heterocycles. The summed E-state index contributed by atoms with van der Waals surface area (Å²) in [4.78, 5) is 21.1. The molecule has 0 atom stereocenters. The van der Waals surface area contributed by atoms with E-state index in [2.05, 4.69) is 20.6 Å². The third-order valence-corrected chi connectivity index (χ3v) is 3.51. The van der Waals surface area contributed by atoms with Gasteiger partial charge in [0.2, 0.25) is 11.9 Å². The number of fused-ring (bicyclic) bond motifs is 1. The number of rotatable bonds is 5. The van der Waals surface area contributed by atoms with Gasteiger partial charge in [0.25, 0.3) is 0 Å². The Labute approximate surface area is 115 Å². The minimum atomic E-state index is -0.868. The molecule has 2 aromatic heterocycles. The molecule has 0 spiro atoms. The summed E-state index contributed by atoms with van der Waals surface area (Å²) in [5, 5.41) is 8.99. The Morgan fingerprint density at radius 1 is 1.47 bits per heavy atom. The number of carbonyl (C=O) groups excluding carboxylic acids is 1. The molecule has 2 rings (SSSR count). The van der Waals surface area contributed by atoms with Gasteiger partial charge in [-0.05, 0) is 32.2 Å². The van der Waals surface area contributed by atoms with Crippen LogP contribution in [0.15, 0.2) is 11.4 Å². The predicted molar refractivity (Wildman–Crippen MR) is 78.5 cm³/mol. The maximum absolute atomic E-state index is 11.4. The van der Waals surface area contributed by atoms with Crippen LogP contribution >= 0.6 is 11.3 Å². The lowest BCUT2D eigenvalue weighted by Gasteiger charge is -2.23. The van der Waals surface area contributed by atoms with E-state index in [0.29, 0.717) is 11.8 Å². The van der Waals surface area contributed by atoms with Crippen molar-refractivity contribution in [3.05, 3.63) is 11.4 Å². The molecule has 4 N–H and O–H groups in total. The molecule has 1 amide bonds. The Bertz CT molecular complexity index is 607. The van der Waals surface area contributed by atoms with Crippen LogP contribution in [0.5, 0.6) is 0 Å². The van der Waals surface area contributed by atoms with Crippen molar-refractivity contribution in [3.8, 4) is 0 Å². The van der Waals surface area contributed by atoms with Crippen molar-refractivity contribution in [2.45, 2.75) is 26.3 Å². The van der Waals surface area contributed by atoms with E-state index >= 15 is 0 Å². The van der Waals surface area contributed by atoms with Crippen LogP contribution < -0.4 is 16.4 Å². The number of hydrogen-bond donors (Lipinski definition) is 3. The first kappa shape index (κ1) is 13.5. The zero-order valence-electron chi connectivity index (χ0n) is 11.2. The SMILES string of the molecule is CCNc1nc(NC(C)(C)C(N)=O)c2ccsc2n1. The number of nitrogens with one attached hydrogen (secondary N) is 2. The Kier molecular flexibility index (Phi) is 3.57. The van der Waals surface area contributed by atoms with Crippen LogP contribution in [0.4, 0.5) is 11.8 Å². The fourth-order valence-corrected chi connectivity index (χ4v) is 2.31. The molecule has 0 aliphatic heterocycles. The fourth-order valence-electron chi connectivity index (χ4n) is 1.55. The molecule has 0 unspecified atom stereocenters. The van der Waals surface area contributed by atoms with Crippen molar-refractivity contribution < 1.29 is 4.79 Å². The molecule has 102 valence electrons. The molecule has 0 bridgehead atoms. The molecule has 0 radical (unpaired) electrons. The second-order valence-electron chi connectivity index (χ2n) is 4.68. The van der Waals surface area contributed by atoms with Gasteiger partial charge in [-0.3, -0.25) is 4.79 Å². The number of aromatic nitrogens is 2. The average molecular weight is 279 g/mol. The normalized spacial score (nSPS) is 11.5. The molecule has 2 aromatic rings.